The van der Waals surface area contributed by atoms with E-state index in [0.717, 1.165) is 5.56 Å². The molecule has 2 aromatic heterocycles. The molecule has 0 atom stereocenters. The van der Waals surface area contributed by atoms with Crippen molar-refractivity contribution >= 4 is 28.3 Å². The van der Waals surface area contributed by atoms with Crippen LogP contribution in [0.4, 0.5) is 11.5 Å². The Morgan fingerprint density at radius 1 is 1.31 bits per heavy atom. The molecular weight excluding hydrogens is 366 g/mol. The summed E-state index contributed by atoms with van der Waals surface area (Å²) in [6.45, 7) is 2.94. The molecule has 1 amide bonds. The van der Waals surface area contributed by atoms with Gasteiger partial charge in [0.2, 0.25) is 5.91 Å². The molecule has 0 unspecified atom stereocenters. The Morgan fingerprint density at radius 2 is 2.10 bits per heavy atom. The summed E-state index contributed by atoms with van der Waals surface area (Å²) in [5.41, 5.74) is 1.37. The first-order valence-electron chi connectivity index (χ1n) is 9.08. The van der Waals surface area contributed by atoms with Crippen molar-refractivity contribution in [1.29, 1.82) is 5.26 Å². The number of carbonyl (C=O) groups is 1. The first kappa shape index (κ1) is 18.4. The maximum absolute atomic E-state index is 13.4. The van der Waals surface area contributed by atoms with E-state index in [2.05, 4.69) is 21.2 Å². The number of aryl methyl sites for hydroxylation is 1. The van der Waals surface area contributed by atoms with Crippen LogP contribution in [0.15, 0.2) is 41.2 Å². The van der Waals surface area contributed by atoms with Gasteiger partial charge in [-0.05, 0) is 30.7 Å². The molecule has 1 saturated heterocycles. The van der Waals surface area contributed by atoms with Crippen LogP contribution in [0.1, 0.15) is 16.8 Å². The second kappa shape index (κ2) is 7.23. The first-order valence-corrected chi connectivity index (χ1v) is 9.08. The predicted octanol–water partition coefficient (Wildman–Crippen LogP) is 1.97. The van der Waals surface area contributed by atoms with Gasteiger partial charge < -0.3 is 10.3 Å². The third-order valence-electron chi connectivity index (χ3n) is 4.94. The fraction of sp³-hybridized carbons (Fsp3) is 0.182. The summed E-state index contributed by atoms with van der Waals surface area (Å²) in [5, 5.41) is 13.4. The van der Waals surface area contributed by atoms with E-state index in [1.54, 1.807) is 30.3 Å². The van der Waals surface area contributed by atoms with E-state index in [-0.39, 0.29) is 28.9 Å². The molecule has 1 aliphatic heterocycles. The molecule has 4 rings (SSSR count). The fourth-order valence-electron chi connectivity index (χ4n) is 3.34. The highest BCUT2D eigenvalue weighted by atomic mass is 16.2. The van der Waals surface area contributed by atoms with E-state index in [9.17, 15) is 14.9 Å². The minimum Gasteiger partial charge on any atom is -0.321 e. The van der Waals surface area contributed by atoms with Crippen molar-refractivity contribution in [3.05, 3.63) is 63.6 Å². The summed E-state index contributed by atoms with van der Waals surface area (Å²) in [4.78, 5) is 34.5. The van der Waals surface area contributed by atoms with Crippen LogP contribution in [0.3, 0.4) is 0 Å². The van der Waals surface area contributed by atoms with E-state index in [0.29, 0.717) is 29.7 Å². The summed E-state index contributed by atoms with van der Waals surface area (Å²) >= 11 is 0. The number of carbonyl (C=O) groups excluding carboxylic acids is 1. The summed E-state index contributed by atoms with van der Waals surface area (Å²) in [6, 6.07) is 12.4. The van der Waals surface area contributed by atoms with Gasteiger partial charge in [-0.1, -0.05) is 24.1 Å². The number of aromatic amines is 1. The molecule has 7 heteroatoms. The lowest BCUT2D eigenvalue weighted by molar-refractivity contribution is -0.123. The second-order valence-electron chi connectivity index (χ2n) is 6.89. The Balaban J connectivity index is 2.06. The van der Waals surface area contributed by atoms with Crippen LogP contribution in [-0.4, -0.2) is 29.0 Å². The van der Waals surface area contributed by atoms with Crippen molar-refractivity contribution in [2.75, 3.05) is 18.0 Å². The van der Waals surface area contributed by atoms with Crippen molar-refractivity contribution in [3.63, 3.8) is 0 Å². The number of H-pyrrole nitrogens is 1. The van der Waals surface area contributed by atoms with Crippen LogP contribution in [0.25, 0.3) is 10.9 Å². The molecule has 1 aliphatic rings. The molecule has 29 heavy (non-hydrogen) atoms. The molecule has 2 N–H and O–H groups in total. The topological polar surface area (TPSA) is 102 Å². The highest BCUT2D eigenvalue weighted by Crippen LogP contribution is 2.34. The number of anilines is 2. The van der Waals surface area contributed by atoms with Crippen molar-refractivity contribution in [2.45, 2.75) is 6.92 Å². The fourth-order valence-corrected chi connectivity index (χ4v) is 3.34. The Morgan fingerprint density at radius 3 is 2.76 bits per heavy atom. The second-order valence-corrected chi connectivity index (χ2v) is 6.89. The summed E-state index contributed by atoms with van der Waals surface area (Å²) in [7, 11) is 0. The lowest BCUT2D eigenvalue weighted by atomic mass is 9.99. The van der Waals surface area contributed by atoms with Crippen LogP contribution in [0.5, 0.6) is 0 Å². The van der Waals surface area contributed by atoms with Crippen molar-refractivity contribution < 1.29 is 4.79 Å². The number of terminal acetylenes is 1. The van der Waals surface area contributed by atoms with Gasteiger partial charge >= 0.3 is 0 Å². The first-order chi connectivity index (χ1) is 14.0. The monoisotopic (exact) mass is 383 g/mol. The van der Waals surface area contributed by atoms with Gasteiger partial charge in [-0.15, -0.1) is 6.42 Å². The number of hydrogen-bond donors (Lipinski definition) is 2. The van der Waals surface area contributed by atoms with Crippen LogP contribution < -0.4 is 15.8 Å². The Bertz CT molecular complexity index is 1280. The molecule has 0 aliphatic carbocycles. The van der Waals surface area contributed by atoms with E-state index in [1.165, 1.54) is 4.90 Å². The Labute approximate surface area is 167 Å². The molecule has 1 fully saturated rings. The summed E-state index contributed by atoms with van der Waals surface area (Å²) < 4.78 is 0. The predicted molar refractivity (Wildman–Crippen MR) is 110 cm³/mol. The Hall–Kier alpha value is -3.94. The zero-order valence-corrected chi connectivity index (χ0v) is 15.7. The van der Waals surface area contributed by atoms with Crippen LogP contribution in [0.2, 0.25) is 0 Å². The number of pyridine rings is 2. The minimum absolute atomic E-state index is 0.144. The lowest BCUT2D eigenvalue weighted by Gasteiger charge is -2.32. The molecule has 3 aromatic rings. The maximum atomic E-state index is 13.4. The molecule has 142 valence electrons. The molecule has 3 heterocycles. The third kappa shape index (κ3) is 3.14. The molecule has 1 aromatic carbocycles. The molecule has 7 nitrogen and oxygen atoms in total. The van der Waals surface area contributed by atoms with E-state index in [1.807, 2.05) is 19.1 Å². The Kier molecular flexibility index (Phi) is 4.59. The highest BCUT2D eigenvalue weighted by molar-refractivity contribution is 6.09. The number of nitrogens with zero attached hydrogens (tertiary/aromatic N) is 3. The number of amides is 1. The zero-order chi connectivity index (χ0) is 20.5. The van der Waals surface area contributed by atoms with E-state index >= 15 is 0 Å². The van der Waals surface area contributed by atoms with Gasteiger partial charge in [0.25, 0.3) is 5.56 Å². The minimum atomic E-state index is -0.557. The smallest absolute Gasteiger partial charge is 0.268 e. The normalized spacial score (nSPS) is 13.3. The SMILES string of the molecule is C#Cc1cccc(N(C(=O)C2CNC2)c2c(C#N)c(=O)[nH]c3cc(C)ccc23)n1. The molecule has 0 bridgehead atoms. The number of hydrogen-bond acceptors (Lipinski definition) is 5. The molecule has 0 saturated carbocycles. The number of nitrogens with one attached hydrogen (secondary N) is 2. The van der Waals surface area contributed by atoms with Gasteiger partial charge in [0, 0.05) is 18.5 Å². The van der Waals surface area contributed by atoms with Crippen LogP contribution >= 0.6 is 0 Å². The average molecular weight is 383 g/mol. The quantitative estimate of drug-likeness (QED) is 0.674. The zero-order valence-electron chi connectivity index (χ0n) is 15.7. The van der Waals surface area contributed by atoms with Crippen molar-refractivity contribution in [2.24, 2.45) is 5.92 Å². The van der Waals surface area contributed by atoms with E-state index in [4.69, 9.17) is 6.42 Å². The average Bonchev–Trinajstić information content (AvgIpc) is 2.66. The number of aromatic nitrogens is 2. The van der Waals surface area contributed by atoms with Gasteiger partial charge in [0.1, 0.15) is 23.1 Å². The highest BCUT2D eigenvalue weighted by Gasteiger charge is 2.34. The van der Waals surface area contributed by atoms with Gasteiger partial charge in [0.05, 0.1) is 17.1 Å². The van der Waals surface area contributed by atoms with Gasteiger partial charge in [-0.3, -0.25) is 14.5 Å². The van der Waals surface area contributed by atoms with Gasteiger partial charge in [0.15, 0.2) is 0 Å². The number of rotatable bonds is 3. The number of fused-ring (bicyclic) bond motifs is 1. The number of benzene rings is 1. The summed E-state index contributed by atoms with van der Waals surface area (Å²) in [5.74, 6) is 2.22. The number of nitriles is 1. The summed E-state index contributed by atoms with van der Waals surface area (Å²) in [6.07, 6.45) is 5.48. The third-order valence-corrected chi connectivity index (χ3v) is 4.94. The largest absolute Gasteiger partial charge is 0.321 e. The lowest BCUT2D eigenvalue weighted by Crippen LogP contribution is -2.51. The maximum Gasteiger partial charge on any atom is 0.268 e. The standard InChI is InChI=1S/C22H17N5O2/c1-3-15-5-4-6-19(25-15)27(22(29)14-11-24-12-14)20-16-8-7-13(2)9-18(16)26-21(28)17(20)10-23/h1,4-9,14,24H,11-12H2,2H3,(H,26,28). The van der Waals surface area contributed by atoms with Gasteiger partial charge in [-0.2, -0.15) is 5.26 Å². The molecule has 0 radical (unpaired) electrons. The van der Waals surface area contributed by atoms with Crippen LogP contribution in [-0.2, 0) is 4.79 Å². The molecule has 0 spiro atoms. The van der Waals surface area contributed by atoms with Crippen LogP contribution in [0, 0.1) is 36.5 Å². The molecular formula is C22H17N5O2. The van der Waals surface area contributed by atoms with Gasteiger partial charge in [-0.25, -0.2) is 4.98 Å². The van der Waals surface area contributed by atoms with Crippen molar-refractivity contribution in [3.8, 4) is 18.4 Å². The van der Waals surface area contributed by atoms with Crippen molar-refractivity contribution in [1.82, 2.24) is 15.3 Å². The van der Waals surface area contributed by atoms with E-state index < -0.39 is 5.56 Å².